The molecule has 0 radical (unpaired) electrons. The number of rotatable bonds is 5. The van der Waals surface area contributed by atoms with Gasteiger partial charge in [-0.05, 0) is 6.07 Å². The molecular weight excluding hydrogens is 270 g/mol. The zero-order valence-electron chi connectivity index (χ0n) is 10.2. The third kappa shape index (κ3) is 3.41. The Morgan fingerprint density at radius 2 is 2.37 bits per heavy atom. The molecule has 2 aromatic heterocycles. The van der Waals surface area contributed by atoms with Crippen LogP contribution >= 0.6 is 11.6 Å². The first-order valence-corrected chi connectivity index (χ1v) is 5.96. The number of aryl methyl sites for hydroxylation is 1. The zero-order chi connectivity index (χ0) is 13.8. The van der Waals surface area contributed by atoms with Crippen molar-refractivity contribution in [2.75, 3.05) is 11.9 Å². The standard InChI is InChI=1S/C11H12ClN5O2/c1-16-5-3-8(15-16)2-4-13-11-10(12)6-9(7-14-11)17(18)19/h3,5-7H,2,4H2,1H3,(H,13,14). The van der Waals surface area contributed by atoms with E-state index < -0.39 is 4.92 Å². The van der Waals surface area contributed by atoms with E-state index in [0.717, 1.165) is 12.1 Å². The third-order valence-corrected chi connectivity index (χ3v) is 2.77. The van der Waals surface area contributed by atoms with Gasteiger partial charge in [-0.1, -0.05) is 11.6 Å². The van der Waals surface area contributed by atoms with Crippen molar-refractivity contribution >= 4 is 23.1 Å². The Morgan fingerprint density at radius 1 is 1.58 bits per heavy atom. The molecule has 19 heavy (non-hydrogen) atoms. The number of nitrogens with one attached hydrogen (secondary N) is 1. The highest BCUT2D eigenvalue weighted by Gasteiger charge is 2.10. The molecule has 0 atom stereocenters. The monoisotopic (exact) mass is 281 g/mol. The molecule has 0 fully saturated rings. The summed E-state index contributed by atoms with van der Waals surface area (Å²) in [5.41, 5.74) is 0.827. The second kappa shape index (κ2) is 5.66. The van der Waals surface area contributed by atoms with Crippen LogP contribution in [0.4, 0.5) is 11.5 Å². The van der Waals surface area contributed by atoms with E-state index in [1.807, 2.05) is 19.3 Å². The van der Waals surface area contributed by atoms with Crippen molar-refractivity contribution in [3.63, 3.8) is 0 Å². The number of pyridine rings is 1. The summed E-state index contributed by atoms with van der Waals surface area (Å²) in [6.07, 6.45) is 3.76. The van der Waals surface area contributed by atoms with Crippen LogP contribution < -0.4 is 5.32 Å². The molecule has 2 rings (SSSR count). The van der Waals surface area contributed by atoms with E-state index in [9.17, 15) is 10.1 Å². The van der Waals surface area contributed by atoms with Crippen molar-refractivity contribution in [3.8, 4) is 0 Å². The number of aromatic nitrogens is 3. The normalized spacial score (nSPS) is 10.4. The van der Waals surface area contributed by atoms with Crippen LogP contribution in [0.5, 0.6) is 0 Å². The van der Waals surface area contributed by atoms with Crippen LogP contribution in [-0.4, -0.2) is 26.2 Å². The van der Waals surface area contributed by atoms with Gasteiger partial charge in [-0.3, -0.25) is 14.8 Å². The predicted octanol–water partition coefficient (Wildman–Crippen LogP) is 2.03. The minimum atomic E-state index is -0.531. The molecule has 8 heteroatoms. The van der Waals surface area contributed by atoms with Crippen molar-refractivity contribution in [1.82, 2.24) is 14.8 Å². The summed E-state index contributed by atoms with van der Waals surface area (Å²) >= 11 is 5.91. The number of halogens is 1. The topological polar surface area (TPSA) is 85.9 Å². The lowest BCUT2D eigenvalue weighted by Gasteiger charge is -2.05. The van der Waals surface area contributed by atoms with Gasteiger partial charge in [-0.15, -0.1) is 0 Å². The van der Waals surface area contributed by atoms with Gasteiger partial charge in [0.05, 0.1) is 15.6 Å². The average Bonchev–Trinajstić information content (AvgIpc) is 2.77. The Hall–Kier alpha value is -2.15. The van der Waals surface area contributed by atoms with E-state index in [2.05, 4.69) is 15.4 Å². The molecule has 0 bridgehead atoms. The highest BCUT2D eigenvalue weighted by Crippen LogP contribution is 2.23. The number of nitro groups is 1. The summed E-state index contributed by atoms with van der Waals surface area (Å²) < 4.78 is 1.73. The first-order chi connectivity index (χ1) is 9.06. The van der Waals surface area contributed by atoms with Gasteiger partial charge < -0.3 is 5.32 Å². The maximum atomic E-state index is 10.5. The Labute approximate surface area is 114 Å². The summed E-state index contributed by atoms with van der Waals surface area (Å²) in [7, 11) is 1.85. The highest BCUT2D eigenvalue weighted by molar-refractivity contribution is 6.33. The van der Waals surface area contributed by atoms with Gasteiger partial charge in [0.2, 0.25) is 0 Å². The molecule has 0 saturated carbocycles. The van der Waals surface area contributed by atoms with Crippen LogP contribution in [0, 0.1) is 10.1 Å². The molecule has 0 aromatic carbocycles. The van der Waals surface area contributed by atoms with E-state index >= 15 is 0 Å². The van der Waals surface area contributed by atoms with Gasteiger partial charge in [0.15, 0.2) is 0 Å². The van der Waals surface area contributed by atoms with Crippen molar-refractivity contribution < 1.29 is 4.92 Å². The van der Waals surface area contributed by atoms with Crippen LogP contribution in [0.15, 0.2) is 24.5 Å². The molecular formula is C11H12ClN5O2. The van der Waals surface area contributed by atoms with Crippen LogP contribution in [0.1, 0.15) is 5.69 Å². The number of hydrogen-bond donors (Lipinski definition) is 1. The second-order valence-corrected chi connectivity index (χ2v) is 4.35. The van der Waals surface area contributed by atoms with Crippen LogP contribution in [0.2, 0.25) is 5.02 Å². The van der Waals surface area contributed by atoms with Crippen molar-refractivity contribution in [2.24, 2.45) is 7.05 Å². The smallest absolute Gasteiger partial charge is 0.289 e. The molecule has 0 aliphatic carbocycles. The minimum Gasteiger partial charge on any atom is -0.368 e. The summed E-state index contributed by atoms with van der Waals surface area (Å²) in [6.45, 7) is 0.599. The zero-order valence-corrected chi connectivity index (χ0v) is 11.0. The van der Waals surface area contributed by atoms with Gasteiger partial charge >= 0.3 is 0 Å². The number of hydrogen-bond acceptors (Lipinski definition) is 5. The van der Waals surface area contributed by atoms with Gasteiger partial charge in [-0.25, -0.2) is 4.98 Å². The van der Waals surface area contributed by atoms with E-state index in [0.29, 0.717) is 12.4 Å². The minimum absolute atomic E-state index is 0.125. The fraction of sp³-hybridized carbons (Fsp3) is 0.273. The van der Waals surface area contributed by atoms with Crippen LogP contribution in [0.3, 0.4) is 0 Å². The molecule has 2 heterocycles. The first kappa shape index (κ1) is 13.3. The molecule has 0 aliphatic heterocycles. The molecule has 0 amide bonds. The van der Waals surface area contributed by atoms with Crippen molar-refractivity contribution in [1.29, 1.82) is 0 Å². The molecule has 100 valence electrons. The highest BCUT2D eigenvalue weighted by atomic mass is 35.5. The van der Waals surface area contributed by atoms with Crippen LogP contribution in [-0.2, 0) is 13.5 Å². The fourth-order valence-electron chi connectivity index (χ4n) is 1.56. The van der Waals surface area contributed by atoms with Crippen LogP contribution in [0.25, 0.3) is 0 Å². The molecule has 1 N–H and O–H groups in total. The Kier molecular flexibility index (Phi) is 3.96. The maximum Gasteiger partial charge on any atom is 0.289 e. The average molecular weight is 282 g/mol. The van der Waals surface area contributed by atoms with Crippen molar-refractivity contribution in [3.05, 3.63) is 45.4 Å². The third-order valence-electron chi connectivity index (χ3n) is 2.48. The SMILES string of the molecule is Cn1ccc(CCNc2ncc([N+](=O)[O-])cc2Cl)n1. The van der Waals surface area contributed by atoms with Gasteiger partial charge in [0.25, 0.3) is 5.69 Å². The summed E-state index contributed by atoms with van der Waals surface area (Å²) in [6, 6.07) is 3.20. The lowest BCUT2D eigenvalue weighted by atomic mass is 10.3. The molecule has 0 unspecified atom stereocenters. The first-order valence-electron chi connectivity index (χ1n) is 5.58. The van der Waals surface area contributed by atoms with E-state index in [-0.39, 0.29) is 10.7 Å². The summed E-state index contributed by atoms with van der Waals surface area (Å²) in [5.74, 6) is 0.434. The largest absolute Gasteiger partial charge is 0.368 e. The van der Waals surface area contributed by atoms with Gasteiger partial charge in [0.1, 0.15) is 12.0 Å². The molecule has 2 aromatic rings. The Balaban J connectivity index is 1.94. The van der Waals surface area contributed by atoms with Gasteiger partial charge in [0, 0.05) is 32.3 Å². The lowest BCUT2D eigenvalue weighted by Crippen LogP contribution is -2.07. The Bertz CT molecular complexity index is 599. The Morgan fingerprint density at radius 3 is 2.95 bits per heavy atom. The maximum absolute atomic E-state index is 10.5. The number of anilines is 1. The molecule has 7 nitrogen and oxygen atoms in total. The molecule has 0 saturated heterocycles. The quantitative estimate of drug-likeness (QED) is 0.669. The summed E-state index contributed by atoms with van der Waals surface area (Å²) in [5, 5.41) is 18.0. The van der Waals surface area contributed by atoms with E-state index in [4.69, 9.17) is 11.6 Å². The lowest BCUT2D eigenvalue weighted by molar-refractivity contribution is -0.385. The van der Waals surface area contributed by atoms with E-state index in [1.54, 1.807) is 4.68 Å². The molecule has 0 spiro atoms. The second-order valence-electron chi connectivity index (χ2n) is 3.94. The van der Waals surface area contributed by atoms with Gasteiger partial charge in [-0.2, -0.15) is 5.10 Å². The molecule has 0 aliphatic rings. The van der Waals surface area contributed by atoms with Crippen molar-refractivity contribution in [2.45, 2.75) is 6.42 Å². The predicted molar refractivity (Wildman–Crippen MR) is 71.3 cm³/mol. The van der Waals surface area contributed by atoms with E-state index in [1.165, 1.54) is 12.3 Å². The number of nitrogens with zero attached hydrogens (tertiary/aromatic N) is 4. The fourth-order valence-corrected chi connectivity index (χ4v) is 1.79. The summed E-state index contributed by atoms with van der Waals surface area (Å²) in [4.78, 5) is 13.9.